The van der Waals surface area contributed by atoms with E-state index >= 15 is 0 Å². The second-order valence-electron chi connectivity index (χ2n) is 5.66. The van der Waals surface area contributed by atoms with Crippen LogP contribution in [0.15, 0.2) is 24.5 Å². The topological polar surface area (TPSA) is 33.4 Å². The maximum atomic E-state index is 11.3. The van der Waals surface area contributed by atoms with Crippen LogP contribution >= 0.6 is 0 Å². The van der Waals surface area contributed by atoms with E-state index in [4.69, 9.17) is 4.74 Å². The van der Waals surface area contributed by atoms with Gasteiger partial charge in [0.15, 0.2) is 12.4 Å². The highest BCUT2D eigenvalue weighted by Gasteiger charge is 2.06. The van der Waals surface area contributed by atoms with Gasteiger partial charge < -0.3 is 9.64 Å². The van der Waals surface area contributed by atoms with Gasteiger partial charge in [0.2, 0.25) is 0 Å². The monoisotopic (exact) mass is 293 g/mol. The molecule has 1 heterocycles. The van der Waals surface area contributed by atoms with Gasteiger partial charge in [0.25, 0.3) is 0 Å². The van der Waals surface area contributed by atoms with Gasteiger partial charge in [-0.1, -0.05) is 32.6 Å². The second kappa shape index (κ2) is 10.2. The summed E-state index contributed by atoms with van der Waals surface area (Å²) in [4.78, 5) is 12.8. The van der Waals surface area contributed by atoms with Gasteiger partial charge in [0, 0.05) is 38.2 Å². The van der Waals surface area contributed by atoms with Crippen molar-refractivity contribution in [2.45, 2.75) is 58.6 Å². The summed E-state index contributed by atoms with van der Waals surface area (Å²) in [6, 6.07) is 4.03. The van der Waals surface area contributed by atoms with Crippen molar-refractivity contribution in [3.8, 4) is 0 Å². The van der Waals surface area contributed by atoms with Crippen molar-refractivity contribution < 1.29 is 14.1 Å². The molecule has 1 aromatic heterocycles. The standard InChI is InChI=1S/C17H29N2O2/c1-4-5-6-7-8-9-12-19-13-10-16(11-14-19)15-21-17(20)18(2)3/h10-11,13-14H,4-9,12,15H2,1-3H3/q+1. The quantitative estimate of drug-likeness (QED) is 0.515. The number of aryl methyl sites for hydroxylation is 1. The molecule has 4 nitrogen and oxygen atoms in total. The van der Waals surface area contributed by atoms with E-state index in [1.807, 2.05) is 12.1 Å². The molecular weight excluding hydrogens is 264 g/mol. The number of amides is 1. The SMILES string of the molecule is CCCCCCCC[n+]1ccc(COC(=O)N(C)C)cc1. The fourth-order valence-corrected chi connectivity index (χ4v) is 2.08. The van der Waals surface area contributed by atoms with Gasteiger partial charge in [-0.25, -0.2) is 9.36 Å². The van der Waals surface area contributed by atoms with Crippen LogP contribution in [0.2, 0.25) is 0 Å². The van der Waals surface area contributed by atoms with Gasteiger partial charge in [0.05, 0.1) is 0 Å². The molecule has 1 aromatic rings. The minimum Gasteiger partial charge on any atom is -0.445 e. The lowest BCUT2D eigenvalue weighted by Crippen LogP contribution is -2.32. The first-order valence-corrected chi connectivity index (χ1v) is 7.95. The molecule has 118 valence electrons. The summed E-state index contributed by atoms with van der Waals surface area (Å²) in [7, 11) is 3.36. The molecule has 0 radical (unpaired) electrons. The summed E-state index contributed by atoms with van der Waals surface area (Å²) in [6.45, 7) is 3.63. The molecule has 0 spiro atoms. The van der Waals surface area contributed by atoms with Crippen LogP contribution in [0.4, 0.5) is 4.79 Å². The van der Waals surface area contributed by atoms with E-state index in [0.29, 0.717) is 6.61 Å². The molecule has 0 saturated heterocycles. The van der Waals surface area contributed by atoms with Gasteiger partial charge in [-0.15, -0.1) is 0 Å². The molecule has 0 aliphatic heterocycles. The molecule has 0 fully saturated rings. The molecule has 0 unspecified atom stereocenters. The number of ether oxygens (including phenoxy) is 1. The molecule has 0 aliphatic rings. The Labute approximate surface area is 128 Å². The summed E-state index contributed by atoms with van der Waals surface area (Å²) in [5.41, 5.74) is 1.02. The Hall–Kier alpha value is -1.58. The number of aromatic nitrogens is 1. The largest absolute Gasteiger partial charge is 0.445 e. The van der Waals surface area contributed by atoms with Crippen LogP contribution in [-0.2, 0) is 17.9 Å². The molecule has 0 aliphatic carbocycles. The number of carbonyl (C=O) groups excluding carboxylic acids is 1. The smallest absolute Gasteiger partial charge is 0.409 e. The zero-order valence-electron chi connectivity index (χ0n) is 13.7. The number of rotatable bonds is 9. The predicted molar refractivity (Wildman–Crippen MR) is 83.9 cm³/mol. The third-order valence-corrected chi connectivity index (χ3v) is 3.46. The number of unbranched alkanes of at least 4 members (excludes halogenated alkanes) is 5. The Morgan fingerprint density at radius 2 is 1.71 bits per heavy atom. The van der Waals surface area contributed by atoms with Gasteiger partial charge in [0.1, 0.15) is 13.2 Å². The van der Waals surface area contributed by atoms with E-state index in [0.717, 1.165) is 12.1 Å². The number of pyridine rings is 1. The van der Waals surface area contributed by atoms with E-state index in [1.165, 1.54) is 43.4 Å². The Bertz CT molecular complexity index is 402. The molecule has 0 saturated carbocycles. The van der Waals surface area contributed by atoms with Crippen molar-refractivity contribution in [3.63, 3.8) is 0 Å². The highest BCUT2D eigenvalue weighted by Crippen LogP contribution is 2.05. The highest BCUT2D eigenvalue weighted by molar-refractivity contribution is 5.66. The zero-order valence-corrected chi connectivity index (χ0v) is 13.7. The summed E-state index contributed by atoms with van der Waals surface area (Å²) >= 11 is 0. The fourth-order valence-electron chi connectivity index (χ4n) is 2.08. The van der Waals surface area contributed by atoms with Gasteiger partial charge in [-0.2, -0.15) is 0 Å². The summed E-state index contributed by atoms with van der Waals surface area (Å²) in [5, 5.41) is 0. The molecule has 0 aromatic carbocycles. The van der Waals surface area contributed by atoms with E-state index in [1.54, 1.807) is 14.1 Å². The summed E-state index contributed by atoms with van der Waals surface area (Å²) < 4.78 is 7.33. The molecule has 1 rings (SSSR count). The number of nitrogens with zero attached hydrogens (tertiary/aromatic N) is 2. The molecule has 0 bridgehead atoms. The lowest BCUT2D eigenvalue weighted by atomic mass is 10.1. The van der Waals surface area contributed by atoms with E-state index in [9.17, 15) is 4.79 Å². The average molecular weight is 293 g/mol. The molecule has 0 N–H and O–H groups in total. The minimum atomic E-state index is -0.307. The lowest BCUT2D eigenvalue weighted by molar-refractivity contribution is -0.697. The first-order chi connectivity index (χ1) is 10.1. The maximum Gasteiger partial charge on any atom is 0.409 e. The van der Waals surface area contributed by atoms with Crippen molar-refractivity contribution in [2.75, 3.05) is 14.1 Å². The van der Waals surface area contributed by atoms with Crippen molar-refractivity contribution in [1.82, 2.24) is 4.90 Å². The zero-order chi connectivity index (χ0) is 15.5. The van der Waals surface area contributed by atoms with Gasteiger partial charge in [-0.3, -0.25) is 0 Å². The van der Waals surface area contributed by atoms with Gasteiger partial charge in [-0.05, 0) is 6.42 Å². The molecule has 21 heavy (non-hydrogen) atoms. The third-order valence-electron chi connectivity index (χ3n) is 3.46. The van der Waals surface area contributed by atoms with Crippen LogP contribution in [0, 0.1) is 0 Å². The number of hydrogen-bond donors (Lipinski definition) is 0. The molecular formula is C17H29N2O2+. The maximum absolute atomic E-state index is 11.3. The normalized spacial score (nSPS) is 10.4. The highest BCUT2D eigenvalue weighted by atomic mass is 16.6. The lowest BCUT2D eigenvalue weighted by Gasteiger charge is -2.10. The van der Waals surface area contributed by atoms with E-state index < -0.39 is 0 Å². The summed E-state index contributed by atoms with van der Waals surface area (Å²) in [5.74, 6) is 0. The average Bonchev–Trinajstić information content (AvgIpc) is 2.49. The van der Waals surface area contributed by atoms with Crippen molar-refractivity contribution in [2.24, 2.45) is 0 Å². The van der Waals surface area contributed by atoms with Crippen LogP contribution in [0.5, 0.6) is 0 Å². The molecule has 0 atom stereocenters. The Balaban J connectivity index is 2.22. The Kier molecular flexibility index (Phi) is 8.48. The first kappa shape index (κ1) is 17.5. The van der Waals surface area contributed by atoms with E-state index in [-0.39, 0.29) is 6.09 Å². The second-order valence-corrected chi connectivity index (χ2v) is 5.66. The van der Waals surface area contributed by atoms with Crippen molar-refractivity contribution in [3.05, 3.63) is 30.1 Å². The Morgan fingerprint density at radius 1 is 1.10 bits per heavy atom. The fraction of sp³-hybridized carbons (Fsp3) is 0.647. The Morgan fingerprint density at radius 3 is 2.33 bits per heavy atom. The number of hydrogen-bond acceptors (Lipinski definition) is 2. The van der Waals surface area contributed by atoms with Crippen molar-refractivity contribution >= 4 is 6.09 Å². The first-order valence-electron chi connectivity index (χ1n) is 7.95. The van der Waals surface area contributed by atoms with Crippen molar-refractivity contribution in [1.29, 1.82) is 0 Å². The van der Waals surface area contributed by atoms with E-state index in [2.05, 4.69) is 23.9 Å². The van der Waals surface area contributed by atoms with Gasteiger partial charge >= 0.3 is 6.09 Å². The summed E-state index contributed by atoms with van der Waals surface area (Å²) in [6.07, 6.45) is 11.7. The number of carbonyl (C=O) groups is 1. The van der Waals surface area contributed by atoms with Crippen LogP contribution in [-0.4, -0.2) is 25.1 Å². The predicted octanol–water partition coefficient (Wildman–Crippen LogP) is 3.53. The third kappa shape index (κ3) is 7.69. The minimum absolute atomic E-state index is 0.307. The van der Waals surface area contributed by atoms with Crippen LogP contribution in [0.3, 0.4) is 0 Å². The van der Waals surface area contributed by atoms with Crippen LogP contribution < -0.4 is 4.57 Å². The van der Waals surface area contributed by atoms with Crippen LogP contribution in [0.1, 0.15) is 51.0 Å². The van der Waals surface area contributed by atoms with Crippen LogP contribution in [0.25, 0.3) is 0 Å². The molecule has 4 heteroatoms. The molecule has 1 amide bonds.